The largest absolute Gasteiger partial charge is 0.462 e. The zero-order valence-corrected chi connectivity index (χ0v) is 43.5. The van der Waals surface area contributed by atoms with Crippen LogP contribution in [0, 0.1) is 0 Å². The molecule has 0 aromatic carbocycles. The van der Waals surface area contributed by atoms with Crippen LogP contribution in [0.5, 0.6) is 0 Å². The predicted octanol–water partition coefficient (Wildman–Crippen LogP) is 18.9. The highest BCUT2D eigenvalue weighted by molar-refractivity contribution is 5.71. The van der Waals surface area contributed by atoms with E-state index >= 15 is 0 Å². The van der Waals surface area contributed by atoms with E-state index in [1.807, 2.05) is 0 Å². The third-order valence-corrected chi connectivity index (χ3v) is 12.6. The number of hydrogen-bond donors (Lipinski definition) is 0. The number of esters is 3. The summed E-state index contributed by atoms with van der Waals surface area (Å²) in [5, 5.41) is 0. The van der Waals surface area contributed by atoms with Crippen LogP contribution >= 0.6 is 0 Å². The predicted molar refractivity (Wildman–Crippen MR) is 279 cm³/mol. The van der Waals surface area contributed by atoms with Crippen molar-refractivity contribution in [2.75, 3.05) is 13.2 Å². The third-order valence-electron chi connectivity index (χ3n) is 12.6. The maximum Gasteiger partial charge on any atom is 0.306 e. The van der Waals surface area contributed by atoms with Crippen molar-refractivity contribution in [3.8, 4) is 0 Å². The van der Waals surface area contributed by atoms with Gasteiger partial charge in [-0.25, -0.2) is 0 Å². The number of allylic oxidation sites excluding steroid dienone is 6. The topological polar surface area (TPSA) is 78.9 Å². The van der Waals surface area contributed by atoms with E-state index in [0.29, 0.717) is 19.3 Å². The van der Waals surface area contributed by atoms with Gasteiger partial charge in [-0.2, -0.15) is 0 Å². The molecular formula is C59H108O6. The lowest BCUT2D eigenvalue weighted by Crippen LogP contribution is -2.30. The van der Waals surface area contributed by atoms with Crippen LogP contribution in [0.15, 0.2) is 36.5 Å². The fourth-order valence-electron chi connectivity index (χ4n) is 8.29. The summed E-state index contributed by atoms with van der Waals surface area (Å²) < 4.78 is 16.8. The first-order chi connectivity index (χ1) is 32.0. The lowest BCUT2D eigenvalue weighted by molar-refractivity contribution is -0.167. The molecule has 0 amide bonds. The molecule has 0 saturated carbocycles. The Hall–Kier alpha value is -2.37. The molecule has 0 rings (SSSR count). The molecule has 0 saturated heterocycles. The molecule has 380 valence electrons. The zero-order valence-electron chi connectivity index (χ0n) is 43.5. The van der Waals surface area contributed by atoms with Crippen LogP contribution in [0.25, 0.3) is 0 Å². The van der Waals surface area contributed by atoms with E-state index in [1.54, 1.807) is 0 Å². The fraction of sp³-hybridized carbons (Fsp3) is 0.847. The fourth-order valence-corrected chi connectivity index (χ4v) is 8.29. The van der Waals surface area contributed by atoms with Gasteiger partial charge in [-0.1, -0.05) is 243 Å². The van der Waals surface area contributed by atoms with Crippen molar-refractivity contribution in [2.24, 2.45) is 0 Å². The molecular weight excluding hydrogens is 805 g/mol. The third kappa shape index (κ3) is 52.5. The molecule has 0 aromatic heterocycles. The second-order valence-electron chi connectivity index (χ2n) is 19.2. The van der Waals surface area contributed by atoms with E-state index in [-0.39, 0.29) is 31.1 Å². The summed E-state index contributed by atoms with van der Waals surface area (Å²) in [6.45, 7) is 6.64. The van der Waals surface area contributed by atoms with Crippen LogP contribution in [0.4, 0.5) is 0 Å². The van der Waals surface area contributed by atoms with Crippen LogP contribution in [0.1, 0.15) is 303 Å². The van der Waals surface area contributed by atoms with Crippen LogP contribution in [-0.2, 0) is 28.6 Å². The van der Waals surface area contributed by atoms with Gasteiger partial charge in [0.1, 0.15) is 13.2 Å². The van der Waals surface area contributed by atoms with Gasteiger partial charge in [0.2, 0.25) is 0 Å². The summed E-state index contributed by atoms with van der Waals surface area (Å²) in [4.78, 5) is 38.1. The summed E-state index contributed by atoms with van der Waals surface area (Å²) in [5.41, 5.74) is 0. The second-order valence-corrected chi connectivity index (χ2v) is 19.2. The van der Waals surface area contributed by atoms with Gasteiger partial charge in [-0.15, -0.1) is 0 Å². The van der Waals surface area contributed by atoms with Gasteiger partial charge in [-0.3, -0.25) is 14.4 Å². The molecule has 0 fully saturated rings. The highest BCUT2D eigenvalue weighted by Crippen LogP contribution is 2.16. The highest BCUT2D eigenvalue weighted by atomic mass is 16.6. The van der Waals surface area contributed by atoms with Gasteiger partial charge in [-0.05, 0) is 77.0 Å². The Kier molecular flexibility index (Phi) is 52.3. The Labute approximate surface area is 404 Å². The quantitative estimate of drug-likeness (QED) is 0.0262. The number of ether oxygens (including phenoxy) is 3. The smallest absolute Gasteiger partial charge is 0.306 e. The van der Waals surface area contributed by atoms with Gasteiger partial charge in [0.05, 0.1) is 0 Å². The van der Waals surface area contributed by atoms with Gasteiger partial charge >= 0.3 is 17.9 Å². The molecule has 0 aliphatic heterocycles. The summed E-state index contributed by atoms with van der Waals surface area (Å²) >= 11 is 0. The van der Waals surface area contributed by atoms with Crippen molar-refractivity contribution < 1.29 is 28.6 Å². The molecule has 1 atom stereocenters. The normalized spacial score (nSPS) is 12.2. The highest BCUT2D eigenvalue weighted by Gasteiger charge is 2.19. The number of rotatable bonds is 52. The SMILES string of the molecule is CCCCCCC/C=C\C/C=C\CCCCCCCCCCCC(=O)OCC(COC(=O)CCCCCCCCCCCCC)OC(=O)CCCCCCC/C=C\CCCCCCCC. The van der Waals surface area contributed by atoms with Crippen molar-refractivity contribution in [3.05, 3.63) is 36.5 Å². The van der Waals surface area contributed by atoms with Gasteiger partial charge in [0.25, 0.3) is 0 Å². The van der Waals surface area contributed by atoms with Crippen molar-refractivity contribution in [2.45, 2.75) is 309 Å². The first kappa shape index (κ1) is 62.6. The van der Waals surface area contributed by atoms with E-state index in [0.717, 1.165) is 70.6 Å². The molecule has 0 spiro atoms. The summed E-state index contributed by atoms with van der Waals surface area (Å²) in [6, 6.07) is 0. The van der Waals surface area contributed by atoms with Crippen molar-refractivity contribution >= 4 is 17.9 Å². The van der Waals surface area contributed by atoms with E-state index < -0.39 is 6.10 Å². The Morgan fingerprint density at radius 3 is 0.862 bits per heavy atom. The molecule has 65 heavy (non-hydrogen) atoms. The average molecular weight is 914 g/mol. The maximum absolute atomic E-state index is 12.8. The Morgan fingerprint density at radius 2 is 0.554 bits per heavy atom. The Balaban J connectivity index is 4.30. The minimum atomic E-state index is -0.774. The van der Waals surface area contributed by atoms with Crippen molar-refractivity contribution in [1.82, 2.24) is 0 Å². The molecule has 0 aromatic rings. The molecule has 0 bridgehead atoms. The van der Waals surface area contributed by atoms with E-state index in [2.05, 4.69) is 57.2 Å². The second kappa shape index (κ2) is 54.2. The molecule has 6 nitrogen and oxygen atoms in total. The molecule has 0 N–H and O–H groups in total. The summed E-state index contributed by atoms with van der Waals surface area (Å²) in [7, 11) is 0. The number of carbonyl (C=O) groups is 3. The van der Waals surface area contributed by atoms with Gasteiger partial charge < -0.3 is 14.2 Å². The maximum atomic E-state index is 12.8. The van der Waals surface area contributed by atoms with Crippen LogP contribution in [0.3, 0.4) is 0 Å². The summed E-state index contributed by atoms with van der Waals surface area (Å²) in [6.07, 6.45) is 64.2. The lowest BCUT2D eigenvalue weighted by atomic mass is 10.1. The van der Waals surface area contributed by atoms with Crippen molar-refractivity contribution in [3.63, 3.8) is 0 Å². The van der Waals surface area contributed by atoms with Gasteiger partial charge in [0, 0.05) is 19.3 Å². The molecule has 0 aliphatic carbocycles. The first-order valence-corrected chi connectivity index (χ1v) is 28.5. The molecule has 0 radical (unpaired) electrons. The van der Waals surface area contributed by atoms with E-state index in [9.17, 15) is 14.4 Å². The number of carbonyl (C=O) groups excluding carboxylic acids is 3. The number of unbranched alkanes of at least 4 members (excludes halogenated alkanes) is 35. The first-order valence-electron chi connectivity index (χ1n) is 28.5. The van der Waals surface area contributed by atoms with Crippen LogP contribution in [-0.4, -0.2) is 37.2 Å². The van der Waals surface area contributed by atoms with E-state index in [4.69, 9.17) is 14.2 Å². The Morgan fingerprint density at radius 1 is 0.308 bits per heavy atom. The Bertz CT molecular complexity index is 1090. The number of hydrogen-bond acceptors (Lipinski definition) is 6. The van der Waals surface area contributed by atoms with E-state index in [1.165, 1.54) is 193 Å². The zero-order chi connectivity index (χ0) is 47.2. The molecule has 1 unspecified atom stereocenters. The van der Waals surface area contributed by atoms with Crippen LogP contribution in [0.2, 0.25) is 0 Å². The van der Waals surface area contributed by atoms with Crippen LogP contribution < -0.4 is 0 Å². The molecule has 0 heterocycles. The standard InChI is InChI=1S/C59H108O6/c1-4-7-10-13-16-19-22-24-26-27-28-29-30-31-33-34-37-40-43-46-49-52-58(61)64-55-56(54-63-57(60)51-48-45-42-39-36-21-18-15-12-9-6-3)65-59(62)53-50-47-44-41-38-35-32-25-23-20-17-14-11-8-5-2/h22,24-25,27-28,32,56H,4-21,23,26,29-31,33-55H2,1-3H3/b24-22-,28-27-,32-25-. The lowest BCUT2D eigenvalue weighted by Gasteiger charge is -2.18. The molecule has 6 heteroatoms. The monoisotopic (exact) mass is 913 g/mol. The van der Waals surface area contributed by atoms with Gasteiger partial charge in [0.15, 0.2) is 6.10 Å². The van der Waals surface area contributed by atoms with Crippen molar-refractivity contribution in [1.29, 1.82) is 0 Å². The average Bonchev–Trinajstić information content (AvgIpc) is 3.30. The summed E-state index contributed by atoms with van der Waals surface area (Å²) in [5.74, 6) is -0.873. The minimum absolute atomic E-state index is 0.0735. The minimum Gasteiger partial charge on any atom is -0.462 e. The molecule has 0 aliphatic rings.